The number of amides is 1. The van der Waals surface area contributed by atoms with Crippen LogP contribution in [-0.4, -0.2) is 16.1 Å². The molecule has 0 spiro atoms. The molecule has 1 aromatic heterocycles. The number of hydrogen-bond acceptors (Lipinski definition) is 3. The third-order valence-electron chi connectivity index (χ3n) is 4.27. The van der Waals surface area contributed by atoms with Gasteiger partial charge in [0.1, 0.15) is 18.2 Å². The SMILES string of the molecule is O=C(Nc1n[nH]c2cc(OCc3ccc(Cl)c(Cl)c3)ccc12)c1ccccc1F. The Morgan fingerprint density at radius 2 is 1.90 bits per heavy atom. The highest BCUT2D eigenvalue weighted by Crippen LogP contribution is 2.27. The standard InChI is InChI=1S/C21H14Cl2FN3O2/c22-16-8-5-12(9-17(16)23)11-29-13-6-7-15-19(10-13)26-27-20(15)25-21(28)14-3-1-2-4-18(14)24/h1-10H,11H2,(H2,25,26,27,28). The number of hydrogen-bond donors (Lipinski definition) is 2. The zero-order valence-corrected chi connectivity index (χ0v) is 16.4. The topological polar surface area (TPSA) is 67.0 Å². The first-order valence-electron chi connectivity index (χ1n) is 8.62. The molecule has 3 aromatic carbocycles. The van der Waals surface area contributed by atoms with E-state index >= 15 is 0 Å². The van der Waals surface area contributed by atoms with Gasteiger partial charge in [-0.2, -0.15) is 5.10 Å². The molecule has 0 aliphatic carbocycles. The predicted octanol–water partition coefficient (Wildman–Crippen LogP) is 5.84. The molecule has 0 fully saturated rings. The van der Waals surface area contributed by atoms with Crippen LogP contribution in [0.15, 0.2) is 60.7 Å². The Bertz CT molecular complexity index is 1210. The van der Waals surface area contributed by atoms with E-state index in [-0.39, 0.29) is 5.56 Å². The fourth-order valence-corrected chi connectivity index (χ4v) is 3.12. The van der Waals surface area contributed by atoms with Crippen LogP contribution in [0.25, 0.3) is 10.9 Å². The molecular weight excluding hydrogens is 416 g/mol. The molecule has 2 N–H and O–H groups in total. The average Bonchev–Trinajstić information content (AvgIpc) is 3.11. The molecular formula is C21H14Cl2FN3O2. The summed E-state index contributed by atoms with van der Waals surface area (Å²) < 4.78 is 19.6. The number of ether oxygens (including phenoxy) is 1. The summed E-state index contributed by atoms with van der Waals surface area (Å²) in [5, 5.41) is 11.2. The van der Waals surface area contributed by atoms with Gasteiger partial charge in [0.2, 0.25) is 0 Å². The van der Waals surface area contributed by atoms with E-state index < -0.39 is 11.7 Å². The van der Waals surface area contributed by atoms with Gasteiger partial charge in [0.05, 0.1) is 21.1 Å². The molecule has 0 aliphatic heterocycles. The summed E-state index contributed by atoms with van der Waals surface area (Å²) in [4.78, 5) is 12.3. The van der Waals surface area contributed by atoms with Gasteiger partial charge < -0.3 is 10.1 Å². The van der Waals surface area contributed by atoms with Crippen molar-refractivity contribution in [3.8, 4) is 5.75 Å². The normalized spacial score (nSPS) is 10.9. The molecule has 29 heavy (non-hydrogen) atoms. The quantitative estimate of drug-likeness (QED) is 0.418. The lowest BCUT2D eigenvalue weighted by molar-refractivity contribution is 0.102. The Labute approximate surface area is 175 Å². The maximum atomic E-state index is 13.8. The van der Waals surface area contributed by atoms with E-state index in [4.69, 9.17) is 27.9 Å². The molecule has 1 amide bonds. The van der Waals surface area contributed by atoms with E-state index in [9.17, 15) is 9.18 Å². The Kier molecular flexibility index (Phi) is 5.38. The van der Waals surface area contributed by atoms with Crippen LogP contribution in [0.3, 0.4) is 0 Å². The lowest BCUT2D eigenvalue weighted by Crippen LogP contribution is -2.14. The molecule has 0 radical (unpaired) electrons. The molecule has 0 unspecified atom stereocenters. The van der Waals surface area contributed by atoms with E-state index in [2.05, 4.69) is 15.5 Å². The number of halogens is 3. The van der Waals surface area contributed by atoms with Gasteiger partial charge >= 0.3 is 0 Å². The van der Waals surface area contributed by atoms with Gasteiger partial charge in [-0.15, -0.1) is 0 Å². The van der Waals surface area contributed by atoms with E-state index in [1.54, 1.807) is 36.4 Å². The van der Waals surface area contributed by atoms with E-state index in [1.165, 1.54) is 18.2 Å². The molecule has 0 atom stereocenters. The Morgan fingerprint density at radius 1 is 1.07 bits per heavy atom. The molecule has 146 valence electrons. The molecule has 0 saturated carbocycles. The molecule has 0 bridgehead atoms. The largest absolute Gasteiger partial charge is 0.489 e. The van der Waals surface area contributed by atoms with Crippen molar-refractivity contribution in [2.75, 3.05) is 5.32 Å². The maximum absolute atomic E-state index is 13.8. The number of anilines is 1. The van der Waals surface area contributed by atoms with Crippen LogP contribution in [0, 0.1) is 5.82 Å². The van der Waals surface area contributed by atoms with Gasteiger partial charge in [-0.25, -0.2) is 4.39 Å². The first-order valence-corrected chi connectivity index (χ1v) is 9.37. The van der Waals surface area contributed by atoms with E-state index in [0.717, 1.165) is 5.56 Å². The second-order valence-electron chi connectivity index (χ2n) is 6.25. The lowest BCUT2D eigenvalue weighted by atomic mass is 10.2. The van der Waals surface area contributed by atoms with Crippen molar-refractivity contribution in [1.29, 1.82) is 0 Å². The Balaban J connectivity index is 1.49. The van der Waals surface area contributed by atoms with Crippen molar-refractivity contribution in [3.63, 3.8) is 0 Å². The number of aromatic nitrogens is 2. The summed E-state index contributed by atoms with van der Waals surface area (Å²) in [7, 11) is 0. The van der Waals surface area contributed by atoms with Crippen LogP contribution in [0.2, 0.25) is 10.0 Å². The Morgan fingerprint density at radius 3 is 2.69 bits per heavy atom. The molecule has 4 aromatic rings. The zero-order valence-electron chi connectivity index (χ0n) is 14.9. The average molecular weight is 430 g/mol. The van der Waals surface area contributed by atoms with Crippen LogP contribution < -0.4 is 10.1 Å². The number of carbonyl (C=O) groups excluding carboxylic acids is 1. The van der Waals surface area contributed by atoms with Gasteiger partial charge in [0.15, 0.2) is 5.82 Å². The summed E-state index contributed by atoms with van der Waals surface area (Å²) in [6, 6.07) is 16.3. The second kappa shape index (κ2) is 8.11. The monoisotopic (exact) mass is 429 g/mol. The first kappa shape index (κ1) is 19.2. The van der Waals surface area contributed by atoms with Crippen molar-refractivity contribution in [3.05, 3.63) is 87.7 Å². The number of fused-ring (bicyclic) bond motifs is 1. The van der Waals surface area contributed by atoms with Crippen LogP contribution in [0.4, 0.5) is 10.2 Å². The van der Waals surface area contributed by atoms with Gasteiger partial charge in [-0.1, -0.05) is 41.4 Å². The van der Waals surface area contributed by atoms with E-state index in [0.29, 0.717) is 39.1 Å². The number of benzene rings is 3. The highest BCUT2D eigenvalue weighted by atomic mass is 35.5. The maximum Gasteiger partial charge on any atom is 0.259 e. The lowest BCUT2D eigenvalue weighted by Gasteiger charge is -2.07. The number of nitrogens with zero attached hydrogens (tertiary/aromatic N) is 1. The predicted molar refractivity (Wildman–Crippen MR) is 111 cm³/mol. The first-order chi connectivity index (χ1) is 14.0. The Hall–Kier alpha value is -3.09. The fraction of sp³-hybridized carbons (Fsp3) is 0.0476. The second-order valence-corrected chi connectivity index (χ2v) is 7.07. The highest BCUT2D eigenvalue weighted by Gasteiger charge is 2.14. The van der Waals surface area contributed by atoms with Crippen molar-refractivity contribution < 1.29 is 13.9 Å². The van der Waals surface area contributed by atoms with Crippen LogP contribution >= 0.6 is 23.2 Å². The summed E-state index contributed by atoms with van der Waals surface area (Å²) in [6.07, 6.45) is 0. The number of H-pyrrole nitrogens is 1. The number of rotatable bonds is 5. The summed E-state index contributed by atoms with van der Waals surface area (Å²) >= 11 is 11.9. The molecule has 0 saturated heterocycles. The zero-order chi connectivity index (χ0) is 20.4. The summed E-state index contributed by atoms with van der Waals surface area (Å²) in [5.74, 6) is -0.247. The van der Waals surface area contributed by atoms with Gasteiger partial charge in [-0.05, 0) is 42.0 Å². The highest BCUT2D eigenvalue weighted by molar-refractivity contribution is 6.42. The van der Waals surface area contributed by atoms with Crippen molar-refractivity contribution in [2.45, 2.75) is 6.61 Å². The minimum atomic E-state index is -0.595. The van der Waals surface area contributed by atoms with Gasteiger partial charge in [0.25, 0.3) is 5.91 Å². The fourth-order valence-electron chi connectivity index (χ4n) is 2.80. The molecule has 8 heteroatoms. The molecule has 5 nitrogen and oxygen atoms in total. The molecule has 4 rings (SSSR count). The molecule has 1 heterocycles. The minimum Gasteiger partial charge on any atom is -0.489 e. The van der Waals surface area contributed by atoms with Crippen molar-refractivity contribution in [1.82, 2.24) is 10.2 Å². The number of carbonyl (C=O) groups is 1. The van der Waals surface area contributed by atoms with Crippen molar-refractivity contribution in [2.24, 2.45) is 0 Å². The van der Waals surface area contributed by atoms with Crippen LogP contribution in [-0.2, 0) is 6.61 Å². The third kappa shape index (κ3) is 4.18. The smallest absolute Gasteiger partial charge is 0.259 e. The van der Waals surface area contributed by atoms with Crippen LogP contribution in [0.1, 0.15) is 15.9 Å². The summed E-state index contributed by atoms with van der Waals surface area (Å²) in [5.41, 5.74) is 1.49. The third-order valence-corrected chi connectivity index (χ3v) is 5.01. The summed E-state index contributed by atoms with van der Waals surface area (Å²) in [6.45, 7) is 0.313. The van der Waals surface area contributed by atoms with Crippen molar-refractivity contribution >= 4 is 45.8 Å². The number of nitrogens with one attached hydrogen (secondary N) is 2. The van der Waals surface area contributed by atoms with E-state index in [1.807, 2.05) is 6.07 Å². The molecule has 0 aliphatic rings. The van der Waals surface area contributed by atoms with Crippen LogP contribution in [0.5, 0.6) is 5.75 Å². The minimum absolute atomic E-state index is 0.0507. The number of aromatic amines is 1. The van der Waals surface area contributed by atoms with Gasteiger partial charge in [0, 0.05) is 11.5 Å². The van der Waals surface area contributed by atoms with Gasteiger partial charge in [-0.3, -0.25) is 9.89 Å².